The number of hydroxylamine groups is 1. The van der Waals surface area contributed by atoms with Gasteiger partial charge in [-0.2, -0.15) is 0 Å². The third-order valence-corrected chi connectivity index (χ3v) is 3.46. The van der Waals surface area contributed by atoms with Crippen molar-refractivity contribution in [2.45, 2.75) is 0 Å². The van der Waals surface area contributed by atoms with Gasteiger partial charge < -0.3 is 10.1 Å². The summed E-state index contributed by atoms with van der Waals surface area (Å²) in [6.45, 7) is 3.05. The highest BCUT2D eigenvalue weighted by atomic mass is 16.5. The lowest BCUT2D eigenvalue weighted by molar-refractivity contribution is 0.160. The fourth-order valence-corrected chi connectivity index (χ4v) is 2.56. The van der Waals surface area contributed by atoms with E-state index in [4.69, 9.17) is 5.21 Å². The molecule has 4 nitrogen and oxygen atoms in total. The van der Waals surface area contributed by atoms with Crippen LogP contribution in [0.15, 0.2) is 47.5 Å². The van der Waals surface area contributed by atoms with Crippen molar-refractivity contribution in [3.05, 3.63) is 48.0 Å². The zero-order chi connectivity index (χ0) is 13.1. The number of hydrogen-bond acceptors (Lipinski definition) is 4. The number of rotatable bonds is 4. The smallest absolute Gasteiger partial charge is 0.131 e. The highest BCUT2D eigenvalue weighted by Crippen LogP contribution is 2.22. The van der Waals surface area contributed by atoms with Gasteiger partial charge in [-0.05, 0) is 10.8 Å². The second-order valence-corrected chi connectivity index (χ2v) is 4.63. The predicted molar refractivity (Wildman–Crippen MR) is 76.7 cm³/mol. The standard InChI is InChI=1S/C15H17N3O/c19-17-9-11-18-10-8-16-15(18)14-7-3-5-12-4-1-2-6-13(12)14/h1-7,17,19H,8-11H2. The van der Waals surface area contributed by atoms with Crippen molar-refractivity contribution >= 4 is 16.6 Å². The van der Waals surface area contributed by atoms with E-state index >= 15 is 0 Å². The minimum absolute atomic E-state index is 0.545. The maximum absolute atomic E-state index is 8.74. The van der Waals surface area contributed by atoms with Gasteiger partial charge in [0.1, 0.15) is 5.84 Å². The summed E-state index contributed by atoms with van der Waals surface area (Å²) in [5, 5.41) is 11.2. The van der Waals surface area contributed by atoms with E-state index in [-0.39, 0.29) is 0 Å². The van der Waals surface area contributed by atoms with E-state index in [9.17, 15) is 0 Å². The van der Waals surface area contributed by atoms with Gasteiger partial charge in [0.25, 0.3) is 0 Å². The molecule has 0 fully saturated rings. The van der Waals surface area contributed by atoms with Gasteiger partial charge in [0.05, 0.1) is 6.54 Å². The molecule has 0 bridgehead atoms. The molecule has 2 N–H and O–H groups in total. The Morgan fingerprint density at radius 2 is 2.00 bits per heavy atom. The van der Waals surface area contributed by atoms with Crippen molar-refractivity contribution in [2.24, 2.45) is 4.99 Å². The van der Waals surface area contributed by atoms with Crippen molar-refractivity contribution in [3.63, 3.8) is 0 Å². The molecule has 19 heavy (non-hydrogen) atoms. The molecule has 1 heterocycles. The first-order valence-electron chi connectivity index (χ1n) is 6.54. The van der Waals surface area contributed by atoms with Gasteiger partial charge in [0.15, 0.2) is 0 Å². The maximum Gasteiger partial charge on any atom is 0.131 e. The van der Waals surface area contributed by atoms with Crippen LogP contribution in [0.2, 0.25) is 0 Å². The number of aliphatic imine (C=N–C) groups is 1. The summed E-state index contributed by atoms with van der Waals surface area (Å²) in [5.74, 6) is 1.03. The molecule has 0 aromatic heterocycles. The Hall–Kier alpha value is -1.91. The third-order valence-electron chi connectivity index (χ3n) is 3.46. The summed E-state index contributed by atoms with van der Waals surface area (Å²) in [6, 6.07) is 14.7. The first kappa shape index (κ1) is 12.1. The fourth-order valence-electron chi connectivity index (χ4n) is 2.56. The molecule has 2 aromatic rings. The highest BCUT2D eigenvalue weighted by molar-refractivity contribution is 6.10. The van der Waals surface area contributed by atoms with Crippen LogP contribution in [0.25, 0.3) is 10.8 Å². The Morgan fingerprint density at radius 3 is 2.89 bits per heavy atom. The molecule has 0 saturated heterocycles. The first-order valence-corrected chi connectivity index (χ1v) is 6.54. The second kappa shape index (κ2) is 5.38. The van der Waals surface area contributed by atoms with Gasteiger partial charge in [-0.25, -0.2) is 5.48 Å². The Balaban J connectivity index is 1.99. The molecule has 1 aliphatic heterocycles. The Bertz CT molecular complexity index is 604. The second-order valence-electron chi connectivity index (χ2n) is 4.63. The van der Waals surface area contributed by atoms with Gasteiger partial charge in [0.2, 0.25) is 0 Å². The van der Waals surface area contributed by atoms with Gasteiger partial charge in [-0.3, -0.25) is 4.99 Å². The van der Waals surface area contributed by atoms with Crippen LogP contribution in [0, 0.1) is 0 Å². The number of nitrogens with zero attached hydrogens (tertiary/aromatic N) is 2. The molecular weight excluding hydrogens is 238 g/mol. The van der Waals surface area contributed by atoms with Crippen LogP contribution in [-0.4, -0.2) is 42.1 Å². The molecule has 0 saturated carbocycles. The summed E-state index contributed by atoms with van der Waals surface area (Å²) in [7, 11) is 0. The average molecular weight is 255 g/mol. The number of benzene rings is 2. The molecule has 4 heteroatoms. The van der Waals surface area contributed by atoms with E-state index in [1.54, 1.807) is 0 Å². The third kappa shape index (κ3) is 2.32. The zero-order valence-corrected chi connectivity index (χ0v) is 10.7. The largest absolute Gasteiger partial charge is 0.353 e. The summed E-state index contributed by atoms with van der Waals surface area (Å²) in [6.07, 6.45) is 0. The molecule has 0 radical (unpaired) electrons. The highest BCUT2D eigenvalue weighted by Gasteiger charge is 2.19. The number of amidine groups is 1. The van der Waals surface area contributed by atoms with E-state index in [1.807, 2.05) is 0 Å². The zero-order valence-electron chi connectivity index (χ0n) is 10.7. The van der Waals surface area contributed by atoms with Crippen molar-refractivity contribution in [1.82, 2.24) is 10.4 Å². The molecule has 3 rings (SSSR count). The summed E-state index contributed by atoms with van der Waals surface area (Å²) in [5.41, 5.74) is 3.38. The number of fused-ring (bicyclic) bond motifs is 1. The monoisotopic (exact) mass is 255 g/mol. The van der Waals surface area contributed by atoms with Gasteiger partial charge in [-0.1, -0.05) is 42.5 Å². The van der Waals surface area contributed by atoms with E-state index in [2.05, 4.69) is 57.8 Å². The lowest BCUT2D eigenvalue weighted by Gasteiger charge is -2.21. The lowest BCUT2D eigenvalue weighted by Crippen LogP contribution is -2.34. The molecule has 2 aromatic carbocycles. The van der Waals surface area contributed by atoms with Crippen molar-refractivity contribution in [3.8, 4) is 0 Å². The Morgan fingerprint density at radius 1 is 1.16 bits per heavy atom. The van der Waals surface area contributed by atoms with E-state index in [0.717, 1.165) is 25.5 Å². The fraction of sp³-hybridized carbons (Fsp3) is 0.267. The van der Waals surface area contributed by atoms with Crippen molar-refractivity contribution in [1.29, 1.82) is 0 Å². The van der Waals surface area contributed by atoms with Crippen LogP contribution in [0.4, 0.5) is 0 Å². The molecule has 98 valence electrons. The molecule has 0 amide bonds. The Kier molecular flexibility index (Phi) is 3.44. The normalized spacial score (nSPS) is 15.0. The SMILES string of the molecule is ONCCN1CCN=C1c1cccc2ccccc12. The van der Waals surface area contributed by atoms with Crippen LogP contribution in [0.1, 0.15) is 5.56 Å². The van der Waals surface area contributed by atoms with Gasteiger partial charge >= 0.3 is 0 Å². The molecule has 0 unspecified atom stereocenters. The predicted octanol–water partition coefficient (Wildman–Crippen LogP) is 1.88. The topological polar surface area (TPSA) is 47.9 Å². The maximum atomic E-state index is 8.74. The van der Waals surface area contributed by atoms with Gasteiger partial charge in [-0.15, -0.1) is 0 Å². The van der Waals surface area contributed by atoms with Crippen LogP contribution in [0.3, 0.4) is 0 Å². The van der Waals surface area contributed by atoms with Gasteiger partial charge in [0, 0.05) is 25.2 Å². The Labute approximate surface area is 112 Å². The van der Waals surface area contributed by atoms with E-state index in [1.165, 1.54) is 16.3 Å². The average Bonchev–Trinajstić information content (AvgIpc) is 2.92. The molecule has 0 atom stereocenters. The summed E-state index contributed by atoms with van der Waals surface area (Å²) < 4.78 is 0. The summed E-state index contributed by atoms with van der Waals surface area (Å²) >= 11 is 0. The van der Waals surface area contributed by atoms with Crippen LogP contribution < -0.4 is 5.48 Å². The number of hydrogen-bond donors (Lipinski definition) is 2. The first-order chi connectivity index (χ1) is 9.40. The van der Waals surface area contributed by atoms with Crippen molar-refractivity contribution < 1.29 is 5.21 Å². The summed E-state index contributed by atoms with van der Waals surface area (Å²) in [4.78, 5) is 6.84. The minimum Gasteiger partial charge on any atom is -0.353 e. The molecule has 0 aliphatic carbocycles. The number of nitrogens with one attached hydrogen (secondary N) is 1. The van der Waals surface area contributed by atoms with Crippen LogP contribution in [-0.2, 0) is 0 Å². The van der Waals surface area contributed by atoms with E-state index in [0.29, 0.717) is 6.54 Å². The quantitative estimate of drug-likeness (QED) is 0.820. The molecule has 0 spiro atoms. The van der Waals surface area contributed by atoms with E-state index < -0.39 is 0 Å². The van der Waals surface area contributed by atoms with Crippen molar-refractivity contribution in [2.75, 3.05) is 26.2 Å². The minimum atomic E-state index is 0.545. The van der Waals surface area contributed by atoms with Crippen LogP contribution in [0.5, 0.6) is 0 Å². The lowest BCUT2D eigenvalue weighted by atomic mass is 10.0. The van der Waals surface area contributed by atoms with Crippen LogP contribution >= 0.6 is 0 Å². The molecule has 1 aliphatic rings. The molecular formula is C15H17N3O.